The predicted octanol–water partition coefficient (Wildman–Crippen LogP) is 3.63. The normalized spacial score (nSPS) is 10.4. The van der Waals surface area contributed by atoms with E-state index in [0.717, 1.165) is 5.56 Å². The fourth-order valence-electron chi connectivity index (χ4n) is 2.19. The molecular formula is C18H15NO5. The first kappa shape index (κ1) is 15.6. The summed E-state index contributed by atoms with van der Waals surface area (Å²) in [5, 5.41) is 12.6. The number of aromatic nitrogens is 1. The lowest BCUT2D eigenvalue weighted by molar-refractivity contribution is 0.0652. The Morgan fingerprint density at radius 1 is 1.12 bits per heavy atom. The zero-order chi connectivity index (χ0) is 16.9. The van der Waals surface area contributed by atoms with E-state index in [2.05, 4.69) is 5.16 Å². The van der Waals surface area contributed by atoms with Crippen LogP contribution in [-0.2, 0) is 6.61 Å². The topological polar surface area (TPSA) is 81.8 Å². The number of rotatable bonds is 6. The molecule has 1 N–H and O–H groups in total. The molecule has 0 saturated heterocycles. The van der Waals surface area contributed by atoms with E-state index < -0.39 is 5.97 Å². The number of aromatic carboxylic acids is 1. The molecule has 24 heavy (non-hydrogen) atoms. The van der Waals surface area contributed by atoms with Crippen molar-refractivity contribution in [1.82, 2.24) is 5.16 Å². The van der Waals surface area contributed by atoms with Gasteiger partial charge in [0.2, 0.25) is 5.76 Å². The molecule has 6 nitrogen and oxygen atoms in total. The van der Waals surface area contributed by atoms with E-state index in [9.17, 15) is 4.79 Å². The Morgan fingerprint density at radius 2 is 1.92 bits per heavy atom. The summed E-state index contributed by atoms with van der Waals surface area (Å²) in [7, 11) is 1.54. The fraction of sp³-hybridized carbons (Fsp3) is 0.111. The molecule has 0 saturated carbocycles. The van der Waals surface area contributed by atoms with Gasteiger partial charge in [-0.1, -0.05) is 35.5 Å². The van der Waals surface area contributed by atoms with Crippen LogP contribution >= 0.6 is 0 Å². The Kier molecular flexibility index (Phi) is 4.47. The molecule has 0 fully saturated rings. The Morgan fingerprint density at radius 3 is 2.58 bits per heavy atom. The maximum atomic E-state index is 10.9. The quantitative estimate of drug-likeness (QED) is 0.745. The van der Waals surface area contributed by atoms with Gasteiger partial charge >= 0.3 is 5.97 Å². The zero-order valence-corrected chi connectivity index (χ0v) is 12.9. The lowest BCUT2D eigenvalue weighted by Gasteiger charge is -2.11. The summed E-state index contributed by atoms with van der Waals surface area (Å²) in [4.78, 5) is 10.9. The largest absolute Gasteiger partial charge is 0.493 e. The van der Waals surface area contributed by atoms with Crippen LogP contribution in [0.15, 0.2) is 59.1 Å². The van der Waals surface area contributed by atoms with Crippen molar-refractivity contribution in [3.05, 3.63) is 65.9 Å². The van der Waals surface area contributed by atoms with Gasteiger partial charge in [0, 0.05) is 11.6 Å². The van der Waals surface area contributed by atoms with E-state index in [1.807, 2.05) is 30.3 Å². The highest BCUT2D eigenvalue weighted by molar-refractivity contribution is 5.85. The van der Waals surface area contributed by atoms with E-state index in [1.54, 1.807) is 25.3 Å². The molecule has 0 amide bonds. The van der Waals surface area contributed by atoms with Crippen LogP contribution in [0.5, 0.6) is 11.5 Å². The maximum Gasteiger partial charge on any atom is 0.374 e. The van der Waals surface area contributed by atoms with Gasteiger partial charge in [-0.05, 0) is 23.8 Å². The summed E-state index contributed by atoms with van der Waals surface area (Å²) in [6.07, 6.45) is 0. The Hall–Kier alpha value is -3.28. The minimum absolute atomic E-state index is 0.214. The van der Waals surface area contributed by atoms with Crippen LogP contribution in [-0.4, -0.2) is 23.3 Å². The molecule has 6 heteroatoms. The van der Waals surface area contributed by atoms with Crippen molar-refractivity contribution in [2.24, 2.45) is 0 Å². The first-order chi connectivity index (χ1) is 11.7. The van der Waals surface area contributed by atoms with Crippen LogP contribution in [0, 0.1) is 0 Å². The van der Waals surface area contributed by atoms with Gasteiger partial charge in [-0.3, -0.25) is 0 Å². The molecule has 122 valence electrons. The third kappa shape index (κ3) is 3.38. The molecule has 0 aliphatic heterocycles. The van der Waals surface area contributed by atoms with Gasteiger partial charge in [-0.2, -0.15) is 0 Å². The van der Waals surface area contributed by atoms with Gasteiger partial charge in [0.1, 0.15) is 12.3 Å². The third-order valence-electron chi connectivity index (χ3n) is 3.42. The van der Waals surface area contributed by atoms with Gasteiger partial charge in [0.15, 0.2) is 11.5 Å². The Bertz CT molecular complexity index is 842. The summed E-state index contributed by atoms with van der Waals surface area (Å²) in [6, 6.07) is 16.4. The minimum atomic E-state index is -1.16. The molecule has 3 aromatic rings. The first-order valence-electron chi connectivity index (χ1n) is 7.22. The molecule has 1 aromatic heterocycles. The average Bonchev–Trinajstić information content (AvgIpc) is 3.11. The van der Waals surface area contributed by atoms with Crippen molar-refractivity contribution in [2.45, 2.75) is 6.61 Å². The highest BCUT2D eigenvalue weighted by atomic mass is 16.5. The summed E-state index contributed by atoms with van der Waals surface area (Å²) in [5.41, 5.74) is 2.14. The standard InChI is InChI=1S/C18H15NO5/c1-22-16-9-13(14-10-17(18(20)21)24-19-14)7-8-15(16)23-11-12-5-3-2-4-6-12/h2-10H,11H2,1H3,(H,20,21). The zero-order valence-electron chi connectivity index (χ0n) is 12.9. The lowest BCUT2D eigenvalue weighted by atomic mass is 10.1. The predicted molar refractivity (Wildman–Crippen MR) is 86.2 cm³/mol. The average molecular weight is 325 g/mol. The Balaban J connectivity index is 1.80. The second-order valence-corrected chi connectivity index (χ2v) is 5.02. The molecule has 0 aliphatic rings. The number of ether oxygens (including phenoxy) is 2. The molecule has 0 radical (unpaired) electrons. The highest BCUT2D eigenvalue weighted by Gasteiger charge is 2.14. The molecule has 0 aliphatic carbocycles. The van der Waals surface area contributed by atoms with Crippen molar-refractivity contribution in [3.8, 4) is 22.8 Å². The molecule has 1 heterocycles. The molecule has 0 bridgehead atoms. The van der Waals surface area contributed by atoms with Crippen molar-refractivity contribution < 1.29 is 23.9 Å². The molecule has 2 aromatic carbocycles. The summed E-state index contributed by atoms with van der Waals surface area (Å²) >= 11 is 0. The molecule has 0 unspecified atom stereocenters. The smallest absolute Gasteiger partial charge is 0.374 e. The van der Waals surface area contributed by atoms with Crippen molar-refractivity contribution in [2.75, 3.05) is 7.11 Å². The Labute approximate surface area is 138 Å². The molecule has 0 atom stereocenters. The number of methoxy groups -OCH3 is 1. The van der Waals surface area contributed by atoms with Crippen LogP contribution in [0.1, 0.15) is 16.1 Å². The number of carbonyl (C=O) groups is 1. The fourth-order valence-corrected chi connectivity index (χ4v) is 2.19. The van der Waals surface area contributed by atoms with E-state index in [4.69, 9.17) is 19.1 Å². The lowest BCUT2D eigenvalue weighted by Crippen LogP contribution is -1.97. The number of nitrogens with zero attached hydrogens (tertiary/aromatic N) is 1. The summed E-state index contributed by atoms with van der Waals surface area (Å²) in [5.74, 6) is -0.257. The number of hydrogen-bond donors (Lipinski definition) is 1. The van der Waals surface area contributed by atoms with E-state index >= 15 is 0 Å². The SMILES string of the molecule is COc1cc(-c2cc(C(=O)O)on2)ccc1OCc1ccccc1. The van der Waals surface area contributed by atoms with E-state index in [-0.39, 0.29) is 5.76 Å². The van der Waals surface area contributed by atoms with Crippen LogP contribution < -0.4 is 9.47 Å². The van der Waals surface area contributed by atoms with Crippen molar-refractivity contribution >= 4 is 5.97 Å². The number of hydrogen-bond acceptors (Lipinski definition) is 5. The number of carboxylic acid groups (broad SMARTS) is 1. The van der Waals surface area contributed by atoms with Crippen LogP contribution in [0.25, 0.3) is 11.3 Å². The first-order valence-corrected chi connectivity index (χ1v) is 7.22. The van der Waals surface area contributed by atoms with Gasteiger partial charge < -0.3 is 19.1 Å². The second-order valence-electron chi connectivity index (χ2n) is 5.02. The maximum absolute atomic E-state index is 10.9. The molecule has 3 rings (SSSR count). The highest BCUT2D eigenvalue weighted by Crippen LogP contribution is 2.32. The third-order valence-corrected chi connectivity index (χ3v) is 3.42. The van der Waals surface area contributed by atoms with Gasteiger partial charge in [-0.25, -0.2) is 4.79 Å². The van der Waals surface area contributed by atoms with Crippen LogP contribution in [0.3, 0.4) is 0 Å². The molecular weight excluding hydrogens is 310 g/mol. The van der Waals surface area contributed by atoms with Gasteiger partial charge in [-0.15, -0.1) is 0 Å². The van der Waals surface area contributed by atoms with E-state index in [0.29, 0.717) is 29.4 Å². The second kappa shape index (κ2) is 6.87. The minimum Gasteiger partial charge on any atom is -0.493 e. The summed E-state index contributed by atoms with van der Waals surface area (Å²) in [6.45, 7) is 0.420. The van der Waals surface area contributed by atoms with Crippen LogP contribution in [0.2, 0.25) is 0 Å². The summed E-state index contributed by atoms with van der Waals surface area (Å²) < 4.78 is 15.9. The molecule has 0 spiro atoms. The monoisotopic (exact) mass is 325 g/mol. The number of carboxylic acids is 1. The van der Waals surface area contributed by atoms with Gasteiger partial charge in [0.25, 0.3) is 0 Å². The van der Waals surface area contributed by atoms with Gasteiger partial charge in [0.05, 0.1) is 7.11 Å². The van der Waals surface area contributed by atoms with Crippen molar-refractivity contribution in [3.63, 3.8) is 0 Å². The van der Waals surface area contributed by atoms with Crippen LogP contribution in [0.4, 0.5) is 0 Å². The van der Waals surface area contributed by atoms with E-state index in [1.165, 1.54) is 6.07 Å². The number of benzene rings is 2. The van der Waals surface area contributed by atoms with Crippen molar-refractivity contribution in [1.29, 1.82) is 0 Å².